The number of hydrogen-bond donors (Lipinski definition) is 1. The van der Waals surface area contributed by atoms with E-state index in [4.69, 9.17) is 9.47 Å². The first-order chi connectivity index (χ1) is 8.18. The van der Waals surface area contributed by atoms with Gasteiger partial charge in [0.2, 0.25) is 0 Å². The molecular weight excluding hydrogens is 238 g/mol. The third-order valence-corrected chi connectivity index (χ3v) is 4.77. The first-order valence-corrected chi connectivity index (χ1v) is 7.11. The van der Waals surface area contributed by atoms with Crippen LogP contribution in [0.2, 0.25) is 0 Å². The number of nitrogens with one attached hydrogen (secondary N) is 1. The van der Waals surface area contributed by atoms with E-state index in [2.05, 4.69) is 5.32 Å². The van der Waals surface area contributed by atoms with Crippen molar-refractivity contribution in [2.45, 2.75) is 36.5 Å². The molecule has 100 valence electrons. The zero-order valence-electron chi connectivity index (χ0n) is 11.0. The van der Waals surface area contributed by atoms with Crippen LogP contribution in [-0.2, 0) is 14.3 Å². The van der Waals surface area contributed by atoms with Gasteiger partial charge in [-0.2, -0.15) is 11.8 Å². The Morgan fingerprint density at radius 1 is 1.53 bits per heavy atom. The first-order valence-electron chi connectivity index (χ1n) is 6.06. The number of carbonyl (C=O) groups is 1. The minimum Gasteiger partial charge on any atom is -0.468 e. The van der Waals surface area contributed by atoms with E-state index < -0.39 is 5.54 Å². The quantitative estimate of drug-likeness (QED) is 0.555. The molecule has 1 rings (SSSR count). The summed E-state index contributed by atoms with van der Waals surface area (Å²) in [6.45, 7) is 0.813. The molecule has 17 heavy (non-hydrogen) atoms. The van der Waals surface area contributed by atoms with E-state index in [1.54, 1.807) is 7.11 Å². The van der Waals surface area contributed by atoms with Crippen LogP contribution in [0.25, 0.3) is 0 Å². The van der Waals surface area contributed by atoms with Crippen LogP contribution in [0.3, 0.4) is 0 Å². The standard InChI is InChI=1S/C12H23NO3S/c1-13-12(11(14)16-3)6-5-10(9-12)17-8-4-7-15-2/h10,13H,4-9H2,1-3H3. The number of methoxy groups -OCH3 is 2. The van der Waals surface area contributed by atoms with Gasteiger partial charge in [-0.1, -0.05) is 0 Å². The predicted octanol–water partition coefficient (Wildman–Crippen LogP) is 1.44. The van der Waals surface area contributed by atoms with E-state index in [0.717, 1.165) is 38.0 Å². The number of thioether (sulfide) groups is 1. The molecule has 0 spiro atoms. The zero-order valence-corrected chi connectivity index (χ0v) is 11.8. The van der Waals surface area contributed by atoms with Gasteiger partial charge in [0.25, 0.3) is 0 Å². The van der Waals surface area contributed by atoms with Crippen molar-refractivity contribution in [3.63, 3.8) is 0 Å². The summed E-state index contributed by atoms with van der Waals surface area (Å²) >= 11 is 1.94. The van der Waals surface area contributed by atoms with Gasteiger partial charge in [0.1, 0.15) is 5.54 Å². The molecule has 1 saturated carbocycles. The van der Waals surface area contributed by atoms with Gasteiger partial charge in [-0.15, -0.1) is 0 Å². The van der Waals surface area contributed by atoms with Crippen molar-refractivity contribution in [1.29, 1.82) is 0 Å². The third kappa shape index (κ3) is 3.86. The molecule has 1 fully saturated rings. The van der Waals surface area contributed by atoms with Crippen LogP contribution < -0.4 is 5.32 Å². The fourth-order valence-corrected chi connectivity index (χ4v) is 3.61. The Hall–Kier alpha value is -0.260. The van der Waals surface area contributed by atoms with E-state index in [9.17, 15) is 4.79 Å². The van der Waals surface area contributed by atoms with Crippen molar-refractivity contribution < 1.29 is 14.3 Å². The third-order valence-electron chi connectivity index (χ3n) is 3.37. The lowest BCUT2D eigenvalue weighted by atomic mass is 9.98. The molecule has 1 N–H and O–H groups in total. The van der Waals surface area contributed by atoms with Crippen molar-refractivity contribution in [2.75, 3.05) is 33.6 Å². The topological polar surface area (TPSA) is 47.6 Å². The highest BCUT2D eigenvalue weighted by Crippen LogP contribution is 2.37. The van der Waals surface area contributed by atoms with E-state index in [-0.39, 0.29) is 5.97 Å². The van der Waals surface area contributed by atoms with E-state index >= 15 is 0 Å². The molecule has 4 nitrogen and oxygen atoms in total. The number of carbonyl (C=O) groups excluding carboxylic acids is 1. The number of ether oxygens (including phenoxy) is 2. The van der Waals surface area contributed by atoms with Crippen molar-refractivity contribution in [3.05, 3.63) is 0 Å². The molecule has 0 saturated heterocycles. The smallest absolute Gasteiger partial charge is 0.326 e. The van der Waals surface area contributed by atoms with Gasteiger partial charge in [0.05, 0.1) is 7.11 Å². The lowest BCUT2D eigenvalue weighted by Gasteiger charge is -2.25. The molecule has 0 aromatic carbocycles. The molecule has 2 unspecified atom stereocenters. The highest BCUT2D eigenvalue weighted by molar-refractivity contribution is 7.99. The molecule has 0 radical (unpaired) electrons. The van der Waals surface area contributed by atoms with Gasteiger partial charge in [0, 0.05) is 19.0 Å². The lowest BCUT2D eigenvalue weighted by molar-refractivity contribution is -0.148. The summed E-state index contributed by atoms with van der Waals surface area (Å²) < 4.78 is 9.91. The lowest BCUT2D eigenvalue weighted by Crippen LogP contribution is -2.49. The summed E-state index contributed by atoms with van der Waals surface area (Å²) in [7, 11) is 5.03. The fourth-order valence-electron chi connectivity index (χ4n) is 2.31. The van der Waals surface area contributed by atoms with Gasteiger partial charge in [-0.05, 0) is 38.5 Å². The summed E-state index contributed by atoms with van der Waals surface area (Å²) in [5, 5.41) is 3.70. The van der Waals surface area contributed by atoms with Crippen LogP contribution in [-0.4, -0.2) is 50.4 Å². The van der Waals surface area contributed by atoms with E-state index in [1.807, 2.05) is 18.8 Å². The molecule has 0 bridgehead atoms. The Morgan fingerprint density at radius 3 is 2.88 bits per heavy atom. The summed E-state index contributed by atoms with van der Waals surface area (Å²) in [5.41, 5.74) is -0.451. The minimum atomic E-state index is -0.451. The largest absolute Gasteiger partial charge is 0.468 e. The van der Waals surface area contributed by atoms with Crippen molar-refractivity contribution in [1.82, 2.24) is 5.32 Å². The number of likely N-dealkylation sites (N-methyl/N-ethyl adjacent to an activating group) is 1. The van der Waals surface area contributed by atoms with Gasteiger partial charge in [0.15, 0.2) is 0 Å². The van der Waals surface area contributed by atoms with Crippen molar-refractivity contribution in [3.8, 4) is 0 Å². The van der Waals surface area contributed by atoms with Crippen molar-refractivity contribution >= 4 is 17.7 Å². The molecule has 1 aliphatic rings. The highest BCUT2D eigenvalue weighted by atomic mass is 32.2. The van der Waals surface area contributed by atoms with Gasteiger partial charge < -0.3 is 14.8 Å². The summed E-state index contributed by atoms with van der Waals surface area (Å²) in [4.78, 5) is 11.8. The van der Waals surface area contributed by atoms with Crippen LogP contribution in [0.5, 0.6) is 0 Å². The molecule has 2 atom stereocenters. The molecule has 5 heteroatoms. The Bertz CT molecular complexity index is 250. The van der Waals surface area contributed by atoms with Crippen molar-refractivity contribution in [2.24, 2.45) is 0 Å². The maximum absolute atomic E-state index is 11.8. The second-order valence-corrected chi connectivity index (χ2v) is 5.81. The Labute approximate surface area is 108 Å². The number of esters is 1. The molecule has 1 aliphatic carbocycles. The monoisotopic (exact) mass is 261 g/mol. The van der Waals surface area contributed by atoms with Gasteiger partial charge in [-0.3, -0.25) is 4.79 Å². The first kappa shape index (κ1) is 14.8. The van der Waals surface area contributed by atoms with Crippen LogP contribution in [0.1, 0.15) is 25.7 Å². The second kappa shape index (κ2) is 7.24. The Morgan fingerprint density at radius 2 is 2.29 bits per heavy atom. The second-order valence-electron chi connectivity index (χ2n) is 4.41. The minimum absolute atomic E-state index is 0.125. The molecular formula is C12H23NO3S. The van der Waals surface area contributed by atoms with E-state index in [1.165, 1.54) is 7.11 Å². The summed E-state index contributed by atoms with van der Waals surface area (Å²) in [6.07, 6.45) is 3.89. The van der Waals surface area contributed by atoms with Gasteiger partial charge in [-0.25, -0.2) is 0 Å². The highest BCUT2D eigenvalue weighted by Gasteiger charge is 2.45. The van der Waals surface area contributed by atoms with E-state index in [0.29, 0.717) is 5.25 Å². The maximum atomic E-state index is 11.8. The molecule has 0 aliphatic heterocycles. The summed E-state index contributed by atoms with van der Waals surface area (Å²) in [6, 6.07) is 0. The van der Waals surface area contributed by atoms with Crippen LogP contribution in [0, 0.1) is 0 Å². The normalized spacial score (nSPS) is 28.3. The van der Waals surface area contributed by atoms with Crippen LogP contribution >= 0.6 is 11.8 Å². The maximum Gasteiger partial charge on any atom is 0.326 e. The average molecular weight is 261 g/mol. The van der Waals surface area contributed by atoms with Crippen LogP contribution in [0.4, 0.5) is 0 Å². The molecule has 0 aromatic heterocycles. The molecule has 0 aromatic rings. The number of rotatable bonds is 7. The average Bonchev–Trinajstić information content (AvgIpc) is 2.78. The SMILES string of the molecule is CNC1(C(=O)OC)CCC(SCCCOC)C1. The summed E-state index contributed by atoms with van der Waals surface area (Å²) in [5.74, 6) is 0.972. The zero-order chi connectivity index (χ0) is 12.7. The predicted molar refractivity (Wildman–Crippen MR) is 70.4 cm³/mol. The van der Waals surface area contributed by atoms with Gasteiger partial charge >= 0.3 is 5.97 Å². The molecule has 0 amide bonds. The molecule has 0 heterocycles. The Balaban J connectivity index is 2.36. The van der Waals surface area contributed by atoms with Crippen LogP contribution in [0.15, 0.2) is 0 Å². The number of hydrogen-bond acceptors (Lipinski definition) is 5. The fraction of sp³-hybridized carbons (Fsp3) is 0.917. The Kier molecular flexibility index (Phi) is 6.30.